The van der Waals surface area contributed by atoms with E-state index < -0.39 is 0 Å². The molecule has 1 heterocycles. The van der Waals surface area contributed by atoms with Crippen molar-refractivity contribution in [1.82, 2.24) is 10.6 Å². The summed E-state index contributed by atoms with van der Waals surface area (Å²) in [6.07, 6.45) is 5.85. The lowest BCUT2D eigenvalue weighted by Gasteiger charge is -2.24. The van der Waals surface area contributed by atoms with Gasteiger partial charge < -0.3 is 15.4 Å². The second-order valence-corrected chi connectivity index (χ2v) is 6.48. The normalized spacial score (nSPS) is 51.5. The van der Waals surface area contributed by atoms with Gasteiger partial charge in [-0.05, 0) is 55.9 Å². The number of hydrogen-bond donors (Lipinski definition) is 2. The molecule has 0 radical (unpaired) electrons. The third-order valence-corrected chi connectivity index (χ3v) is 5.61. The van der Waals surface area contributed by atoms with Crippen LogP contribution < -0.4 is 10.6 Å². The highest BCUT2D eigenvalue weighted by molar-refractivity contribution is 5.16. The SMILES string of the molecule is C1COCC(CCNC2C3C4CCC(C4)C23)N1. The summed E-state index contributed by atoms with van der Waals surface area (Å²) in [7, 11) is 0. The molecular formula is C14H24N2O. The van der Waals surface area contributed by atoms with Crippen molar-refractivity contribution in [3.05, 3.63) is 0 Å². The minimum Gasteiger partial charge on any atom is -0.379 e. The Morgan fingerprint density at radius 1 is 1.18 bits per heavy atom. The molecule has 0 spiro atoms. The zero-order chi connectivity index (χ0) is 11.2. The largest absolute Gasteiger partial charge is 0.379 e. The maximum atomic E-state index is 5.48. The van der Waals surface area contributed by atoms with E-state index in [0.29, 0.717) is 6.04 Å². The van der Waals surface area contributed by atoms with Gasteiger partial charge in [-0.15, -0.1) is 0 Å². The van der Waals surface area contributed by atoms with Crippen LogP contribution in [0.4, 0.5) is 0 Å². The van der Waals surface area contributed by atoms with E-state index in [1.165, 1.54) is 25.8 Å². The van der Waals surface area contributed by atoms with Crippen molar-refractivity contribution in [1.29, 1.82) is 0 Å². The van der Waals surface area contributed by atoms with Crippen molar-refractivity contribution in [3.8, 4) is 0 Å². The first-order valence-corrected chi connectivity index (χ1v) is 7.48. The lowest BCUT2D eigenvalue weighted by molar-refractivity contribution is 0.0741. The summed E-state index contributed by atoms with van der Waals surface area (Å²) >= 11 is 0. The van der Waals surface area contributed by atoms with Gasteiger partial charge in [-0.1, -0.05) is 0 Å². The Morgan fingerprint density at radius 2 is 2.00 bits per heavy atom. The second-order valence-electron chi connectivity index (χ2n) is 6.48. The van der Waals surface area contributed by atoms with Gasteiger partial charge in [0, 0.05) is 18.6 Å². The van der Waals surface area contributed by atoms with Crippen molar-refractivity contribution in [3.63, 3.8) is 0 Å². The molecule has 1 aliphatic heterocycles. The fourth-order valence-electron chi connectivity index (χ4n) is 4.83. The molecule has 96 valence electrons. The fourth-order valence-corrected chi connectivity index (χ4v) is 4.83. The smallest absolute Gasteiger partial charge is 0.0620 e. The van der Waals surface area contributed by atoms with E-state index in [1.54, 1.807) is 6.42 Å². The predicted octanol–water partition coefficient (Wildman–Crippen LogP) is 0.999. The van der Waals surface area contributed by atoms with Gasteiger partial charge in [0.05, 0.1) is 13.2 Å². The van der Waals surface area contributed by atoms with E-state index >= 15 is 0 Å². The molecule has 3 saturated carbocycles. The van der Waals surface area contributed by atoms with Crippen LogP contribution in [0.2, 0.25) is 0 Å². The van der Waals surface area contributed by atoms with Crippen molar-refractivity contribution in [2.24, 2.45) is 23.7 Å². The molecule has 2 bridgehead atoms. The predicted molar refractivity (Wildman–Crippen MR) is 66.8 cm³/mol. The molecule has 0 aromatic carbocycles. The molecular weight excluding hydrogens is 212 g/mol. The number of hydrogen-bond acceptors (Lipinski definition) is 3. The summed E-state index contributed by atoms with van der Waals surface area (Å²) in [5, 5.41) is 7.34. The van der Waals surface area contributed by atoms with Gasteiger partial charge in [0.15, 0.2) is 0 Å². The zero-order valence-electron chi connectivity index (χ0n) is 10.5. The van der Waals surface area contributed by atoms with Gasteiger partial charge in [0.2, 0.25) is 0 Å². The van der Waals surface area contributed by atoms with Gasteiger partial charge in [0.1, 0.15) is 0 Å². The van der Waals surface area contributed by atoms with E-state index in [1.807, 2.05) is 0 Å². The monoisotopic (exact) mass is 236 g/mol. The lowest BCUT2D eigenvalue weighted by atomic mass is 10.0. The van der Waals surface area contributed by atoms with Gasteiger partial charge in [0.25, 0.3) is 0 Å². The summed E-state index contributed by atoms with van der Waals surface area (Å²) in [6, 6.07) is 1.48. The maximum absolute atomic E-state index is 5.48. The first kappa shape index (κ1) is 10.8. The lowest BCUT2D eigenvalue weighted by Crippen LogP contribution is -2.43. The molecule has 3 heteroatoms. The van der Waals surface area contributed by atoms with E-state index in [4.69, 9.17) is 4.74 Å². The number of ether oxygens (including phenoxy) is 1. The van der Waals surface area contributed by atoms with Crippen molar-refractivity contribution in [2.45, 2.75) is 37.8 Å². The van der Waals surface area contributed by atoms with Gasteiger partial charge in [-0.25, -0.2) is 0 Å². The van der Waals surface area contributed by atoms with Gasteiger partial charge in [-0.2, -0.15) is 0 Å². The molecule has 17 heavy (non-hydrogen) atoms. The van der Waals surface area contributed by atoms with Crippen LogP contribution in [0.3, 0.4) is 0 Å². The summed E-state index contributed by atoms with van der Waals surface area (Å²) in [4.78, 5) is 0. The Bertz CT molecular complexity index is 274. The molecule has 4 fully saturated rings. The minimum absolute atomic E-state index is 0.589. The number of fused-ring (bicyclic) bond motifs is 5. The van der Waals surface area contributed by atoms with Crippen LogP contribution in [0.25, 0.3) is 0 Å². The average molecular weight is 236 g/mol. The number of nitrogens with one attached hydrogen (secondary N) is 2. The maximum Gasteiger partial charge on any atom is 0.0620 e. The molecule has 2 N–H and O–H groups in total. The van der Waals surface area contributed by atoms with E-state index in [9.17, 15) is 0 Å². The summed E-state index contributed by atoms with van der Waals surface area (Å²) in [6.45, 7) is 4.01. The Hall–Kier alpha value is -0.120. The molecule has 1 saturated heterocycles. The van der Waals surface area contributed by atoms with Crippen molar-refractivity contribution in [2.75, 3.05) is 26.3 Å². The fraction of sp³-hybridized carbons (Fsp3) is 1.00. The first-order chi connectivity index (χ1) is 8.43. The van der Waals surface area contributed by atoms with Crippen LogP contribution in [-0.2, 0) is 4.74 Å². The Morgan fingerprint density at radius 3 is 2.71 bits per heavy atom. The third kappa shape index (κ3) is 1.83. The topological polar surface area (TPSA) is 33.3 Å². The molecule has 0 aromatic rings. The van der Waals surface area contributed by atoms with Crippen LogP contribution in [-0.4, -0.2) is 38.4 Å². The van der Waals surface area contributed by atoms with Crippen LogP contribution in [0, 0.1) is 23.7 Å². The van der Waals surface area contributed by atoms with Crippen molar-refractivity contribution < 1.29 is 4.74 Å². The third-order valence-electron chi connectivity index (χ3n) is 5.61. The quantitative estimate of drug-likeness (QED) is 0.764. The molecule has 4 rings (SSSR count). The highest BCUT2D eigenvalue weighted by Gasteiger charge is 2.64. The van der Waals surface area contributed by atoms with Crippen LogP contribution in [0.1, 0.15) is 25.7 Å². The molecule has 5 atom stereocenters. The van der Waals surface area contributed by atoms with E-state index in [2.05, 4.69) is 10.6 Å². The Labute approximate surface area is 104 Å². The van der Waals surface area contributed by atoms with Crippen LogP contribution in [0.15, 0.2) is 0 Å². The molecule has 3 aliphatic carbocycles. The molecule has 3 nitrogen and oxygen atoms in total. The second kappa shape index (κ2) is 4.22. The molecule has 4 aliphatic rings. The summed E-state index contributed by atoms with van der Waals surface area (Å²) in [5.74, 6) is 4.34. The number of morpholine rings is 1. The number of rotatable bonds is 4. The molecule has 0 amide bonds. The Balaban J connectivity index is 1.20. The average Bonchev–Trinajstić information content (AvgIpc) is 2.78. The summed E-state index contributed by atoms with van der Waals surface area (Å²) < 4.78 is 5.48. The molecule has 5 unspecified atom stereocenters. The zero-order valence-corrected chi connectivity index (χ0v) is 10.5. The minimum atomic E-state index is 0.589. The van der Waals surface area contributed by atoms with Gasteiger partial charge >= 0.3 is 0 Å². The summed E-state index contributed by atoms with van der Waals surface area (Å²) in [5.41, 5.74) is 0. The molecule has 0 aromatic heterocycles. The standard InChI is InChI=1S/C14H24N2O/c1-2-10-7-9(1)12-13(10)14(12)16-4-3-11-8-17-6-5-15-11/h9-16H,1-8H2. The van der Waals surface area contributed by atoms with Crippen molar-refractivity contribution >= 4 is 0 Å². The van der Waals surface area contributed by atoms with Gasteiger partial charge in [-0.3, -0.25) is 0 Å². The Kier molecular flexibility index (Phi) is 2.67. The van der Waals surface area contributed by atoms with E-state index in [0.717, 1.165) is 49.5 Å². The van der Waals surface area contributed by atoms with Crippen LogP contribution >= 0.6 is 0 Å². The van der Waals surface area contributed by atoms with E-state index in [-0.39, 0.29) is 0 Å². The van der Waals surface area contributed by atoms with Crippen LogP contribution in [0.5, 0.6) is 0 Å². The highest BCUT2D eigenvalue weighted by atomic mass is 16.5. The highest BCUT2D eigenvalue weighted by Crippen LogP contribution is 2.65. The first-order valence-electron chi connectivity index (χ1n) is 7.48.